The average molecular weight is 501 g/mol. The number of aliphatic hydroxyl groups excluding tert-OH is 2. The molecule has 0 spiro atoms. The zero-order chi connectivity index (χ0) is 26.7. The van der Waals surface area contributed by atoms with Gasteiger partial charge in [0.25, 0.3) is 0 Å². The highest BCUT2D eigenvalue weighted by Gasteiger charge is 2.66. The van der Waals surface area contributed by atoms with Gasteiger partial charge in [-0.25, -0.2) is 0 Å². The van der Waals surface area contributed by atoms with E-state index in [2.05, 4.69) is 54.5 Å². The van der Waals surface area contributed by atoms with E-state index in [1.165, 1.54) is 12.5 Å². The van der Waals surface area contributed by atoms with E-state index < -0.39 is 0 Å². The number of carbonyl (C=O) groups excluding carboxylic acids is 1. The van der Waals surface area contributed by atoms with Crippen LogP contribution in [0.4, 0.5) is 0 Å². The van der Waals surface area contributed by atoms with Crippen LogP contribution in [0.2, 0.25) is 0 Å². The maximum Gasteiger partial charge on any atom is 0.302 e. The summed E-state index contributed by atoms with van der Waals surface area (Å²) in [4.78, 5) is 11.8. The van der Waals surface area contributed by atoms with Crippen molar-refractivity contribution in [2.24, 2.45) is 39.4 Å². The fourth-order valence-corrected chi connectivity index (χ4v) is 9.99. The Bertz CT molecular complexity index is 926. The summed E-state index contributed by atoms with van der Waals surface area (Å²) in [7, 11) is 0. The fraction of sp³-hybridized carbons (Fsp3) is 0.844. The summed E-state index contributed by atoms with van der Waals surface area (Å²) in [5, 5.41) is 22.0. The smallest absolute Gasteiger partial charge is 0.302 e. The molecule has 0 amide bonds. The van der Waals surface area contributed by atoms with Gasteiger partial charge in [-0.1, -0.05) is 57.4 Å². The predicted molar refractivity (Wildman–Crippen MR) is 145 cm³/mol. The lowest BCUT2D eigenvalue weighted by Crippen LogP contribution is -2.56. The van der Waals surface area contributed by atoms with Crippen molar-refractivity contribution >= 4 is 5.97 Å². The minimum absolute atomic E-state index is 0.00270. The van der Waals surface area contributed by atoms with Gasteiger partial charge in [-0.05, 0) is 106 Å². The van der Waals surface area contributed by atoms with Crippen LogP contribution in [0.15, 0.2) is 22.8 Å². The standard InChI is InChI=1S/C32H52O4/c1-20(2)10-9-11-22(19-33)28-25(35)18-32(8)24-12-13-26-29(4,5)27(36-21(3)34)15-16-30(26,6)23(24)14-17-31(28,32)7/h10,22,25-28,33,35H,9,11-19H2,1-8H3/t22-,25-,26-,27-,28-,30+,31+,32-/m0/s1. The van der Waals surface area contributed by atoms with Crippen molar-refractivity contribution in [2.75, 3.05) is 6.61 Å². The Morgan fingerprint density at radius 2 is 1.75 bits per heavy atom. The van der Waals surface area contributed by atoms with Crippen molar-refractivity contribution in [3.8, 4) is 0 Å². The third-order valence-corrected chi connectivity index (χ3v) is 11.9. The van der Waals surface area contributed by atoms with E-state index in [1.807, 2.05) is 0 Å². The van der Waals surface area contributed by atoms with Gasteiger partial charge in [0, 0.05) is 18.9 Å². The van der Waals surface area contributed by atoms with Gasteiger partial charge in [0.15, 0.2) is 0 Å². The molecule has 4 nitrogen and oxygen atoms in total. The summed E-state index contributed by atoms with van der Waals surface area (Å²) in [6.07, 6.45) is 11.0. The highest BCUT2D eigenvalue weighted by molar-refractivity contribution is 5.66. The molecule has 0 saturated heterocycles. The largest absolute Gasteiger partial charge is 0.462 e. The van der Waals surface area contributed by atoms with E-state index in [-0.39, 0.29) is 58.3 Å². The molecule has 0 aromatic carbocycles. The summed E-state index contributed by atoms with van der Waals surface area (Å²) < 4.78 is 5.84. The molecule has 0 aromatic rings. The number of ether oxygens (including phenoxy) is 1. The summed E-state index contributed by atoms with van der Waals surface area (Å²) in [6.45, 7) is 17.9. The molecular formula is C32H52O4. The SMILES string of the molecule is CC(=O)O[C@H]1CC[C@]2(C)C3=C(CC[C@H]2C1(C)C)[C@]1(C)C[C@H](O)[C@H]([C@H](CO)CCC=C(C)C)[C@@]1(C)CC3. The van der Waals surface area contributed by atoms with Gasteiger partial charge in [0.1, 0.15) is 6.10 Å². The Labute approximate surface area is 220 Å². The third kappa shape index (κ3) is 4.13. The van der Waals surface area contributed by atoms with Crippen LogP contribution in [-0.2, 0) is 9.53 Å². The molecule has 0 unspecified atom stereocenters. The zero-order valence-electron chi connectivity index (χ0n) is 24.2. The van der Waals surface area contributed by atoms with Crippen LogP contribution < -0.4 is 0 Å². The second kappa shape index (κ2) is 9.56. The molecule has 36 heavy (non-hydrogen) atoms. The Kier molecular flexibility index (Phi) is 7.41. The van der Waals surface area contributed by atoms with E-state index in [9.17, 15) is 15.0 Å². The number of esters is 1. The molecule has 0 aliphatic heterocycles. The van der Waals surface area contributed by atoms with Crippen LogP contribution in [0, 0.1) is 39.4 Å². The molecule has 4 aliphatic rings. The van der Waals surface area contributed by atoms with Crippen LogP contribution in [0.5, 0.6) is 0 Å². The van der Waals surface area contributed by atoms with Crippen molar-refractivity contribution < 1.29 is 19.7 Å². The molecule has 2 fully saturated rings. The summed E-state index contributed by atoms with van der Waals surface area (Å²) in [5.74, 6) is 0.594. The Balaban J connectivity index is 1.68. The lowest BCUT2D eigenvalue weighted by molar-refractivity contribution is -0.167. The molecule has 4 aliphatic carbocycles. The Morgan fingerprint density at radius 3 is 2.36 bits per heavy atom. The predicted octanol–water partition coefficient (Wildman–Crippen LogP) is 6.99. The van der Waals surface area contributed by atoms with Crippen LogP contribution in [0.1, 0.15) is 113 Å². The minimum Gasteiger partial charge on any atom is -0.462 e. The molecule has 204 valence electrons. The molecule has 0 bridgehead atoms. The number of rotatable bonds is 6. The maximum atomic E-state index is 11.8. The zero-order valence-corrected chi connectivity index (χ0v) is 24.2. The quantitative estimate of drug-likeness (QED) is 0.305. The molecule has 0 radical (unpaired) electrons. The number of aliphatic hydroxyl groups is 2. The van der Waals surface area contributed by atoms with Crippen molar-refractivity contribution in [3.63, 3.8) is 0 Å². The number of hydrogen-bond acceptors (Lipinski definition) is 4. The van der Waals surface area contributed by atoms with Crippen molar-refractivity contribution in [3.05, 3.63) is 22.8 Å². The van der Waals surface area contributed by atoms with Gasteiger partial charge in [-0.3, -0.25) is 4.79 Å². The van der Waals surface area contributed by atoms with Crippen molar-refractivity contribution in [1.29, 1.82) is 0 Å². The molecule has 4 rings (SSSR count). The summed E-state index contributed by atoms with van der Waals surface area (Å²) >= 11 is 0. The molecule has 8 atom stereocenters. The second-order valence-electron chi connectivity index (χ2n) is 14.3. The normalized spacial score (nSPS) is 42.2. The fourth-order valence-electron chi connectivity index (χ4n) is 9.99. The summed E-state index contributed by atoms with van der Waals surface area (Å²) in [6, 6.07) is 0. The molecule has 2 saturated carbocycles. The molecule has 4 heteroatoms. The van der Waals surface area contributed by atoms with Gasteiger partial charge in [-0.15, -0.1) is 0 Å². The molecule has 0 heterocycles. The Hall–Kier alpha value is -1.13. The van der Waals surface area contributed by atoms with Gasteiger partial charge >= 0.3 is 5.97 Å². The van der Waals surface area contributed by atoms with Crippen LogP contribution in [0.3, 0.4) is 0 Å². The molecule has 0 aromatic heterocycles. The van der Waals surface area contributed by atoms with E-state index in [0.29, 0.717) is 5.92 Å². The van der Waals surface area contributed by atoms with Gasteiger partial charge in [-0.2, -0.15) is 0 Å². The molecular weight excluding hydrogens is 448 g/mol. The van der Waals surface area contributed by atoms with Crippen molar-refractivity contribution in [1.82, 2.24) is 0 Å². The summed E-state index contributed by atoms with van der Waals surface area (Å²) in [5.41, 5.74) is 4.64. The first-order valence-electron chi connectivity index (χ1n) is 14.5. The highest BCUT2D eigenvalue weighted by atomic mass is 16.5. The van der Waals surface area contributed by atoms with E-state index in [0.717, 1.165) is 57.8 Å². The lowest BCUT2D eigenvalue weighted by Gasteiger charge is -2.62. The number of fused-ring (bicyclic) bond motifs is 4. The highest BCUT2D eigenvalue weighted by Crippen LogP contribution is 2.72. The second-order valence-corrected chi connectivity index (χ2v) is 14.3. The average Bonchev–Trinajstić information content (AvgIpc) is 2.98. The lowest BCUT2D eigenvalue weighted by atomic mass is 9.43. The van der Waals surface area contributed by atoms with Crippen LogP contribution >= 0.6 is 0 Å². The monoisotopic (exact) mass is 500 g/mol. The number of carbonyl (C=O) groups is 1. The van der Waals surface area contributed by atoms with Crippen molar-refractivity contribution in [2.45, 2.75) is 125 Å². The van der Waals surface area contributed by atoms with Gasteiger partial charge in [0.2, 0.25) is 0 Å². The van der Waals surface area contributed by atoms with Gasteiger partial charge in [0.05, 0.1) is 6.10 Å². The number of allylic oxidation sites excluding steroid dienone is 4. The topological polar surface area (TPSA) is 66.8 Å². The number of hydrogen-bond donors (Lipinski definition) is 2. The van der Waals surface area contributed by atoms with E-state index >= 15 is 0 Å². The van der Waals surface area contributed by atoms with Gasteiger partial charge < -0.3 is 14.9 Å². The van der Waals surface area contributed by atoms with E-state index in [1.54, 1.807) is 11.1 Å². The Morgan fingerprint density at radius 1 is 1.06 bits per heavy atom. The third-order valence-electron chi connectivity index (χ3n) is 11.9. The maximum absolute atomic E-state index is 11.8. The van der Waals surface area contributed by atoms with E-state index in [4.69, 9.17) is 4.74 Å². The van der Waals surface area contributed by atoms with Crippen LogP contribution in [0.25, 0.3) is 0 Å². The first kappa shape index (κ1) is 27.9. The first-order chi connectivity index (χ1) is 16.7. The first-order valence-corrected chi connectivity index (χ1v) is 14.5. The van der Waals surface area contributed by atoms with Crippen LogP contribution in [-0.4, -0.2) is 35.0 Å². The minimum atomic E-state index is -0.364. The molecule has 2 N–H and O–H groups in total.